The van der Waals surface area contributed by atoms with Gasteiger partial charge in [-0.25, -0.2) is 13.1 Å². The zero-order valence-electron chi connectivity index (χ0n) is 12.1. The molecule has 1 fully saturated rings. The highest BCUT2D eigenvalue weighted by Gasteiger charge is 2.20. The molecule has 2 rings (SSSR count). The first-order valence-electron chi connectivity index (χ1n) is 6.61. The largest absolute Gasteiger partial charge is 0.493 e. The molecule has 1 unspecified atom stereocenters. The highest BCUT2D eigenvalue weighted by molar-refractivity contribution is 7.89. The summed E-state index contributed by atoms with van der Waals surface area (Å²) in [6.07, 6.45) is -0.159. The predicted molar refractivity (Wildman–Crippen MR) is 77.3 cm³/mol. The first-order chi connectivity index (χ1) is 10.1. The molecule has 0 bridgehead atoms. The second kappa shape index (κ2) is 7.08. The van der Waals surface area contributed by atoms with Crippen LogP contribution in [0.2, 0.25) is 0 Å². The van der Waals surface area contributed by atoms with E-state index in [2.05, 4.69) is 10.0 Å². The Labute approximate surface area is 124 Å². The van der Waals surface area contributed by atoms with Gasteiger partial charge in [0.25, 0.3) is 0 Å². The van der Waals surface area contributed by atoms with Crippen LogP contribution < -0.4 is 19.5 Å². The van der Waals surface area contributed by atoms with Crippen LogP contribution in [0.5, 0.6) is 11.5 Å². The monoisotopic (exact) mass is 316 g/mol. The molecule has 0 aliphatic carbocycles. The Balaban J connectivity index is 2.07. The summed E-state index contributed by atoms with van der Waals surface area (Å²) in [6, 6.07) is 4.47. The SMILES string of the molecule is COc1ccc(S(=O)(=O)NCC2CNCCO2)cc1OC. The molecule has 0 aromatic heterocycles. The maximum absolute atomic E-state index is 12.3. The van der Waals surface area contributed by atoms with Crippen LogP contribution in [-0.4, -0.2) is 55.0 Å². The van der Waals surface area contributed by atoms with E-state index in [0.717, 1.165) is 6.54 Å². The van der Waals surface area contributed by atoms with Gasteiger partial charge in [0.05, 0.1) is 31.8 Å². The van der Waals surface area contributed by atoms with Crippen LogP contribution in [0.4, 0.5) is 0 Å². The summed E-state index contributed by atoms with van der Waals surface area (Å²) in [5, 5.41) is 3.15. The first-order valence-corrected chi connectivity index (χ1v) is 8.09. The highest BCUT2D eigenvalue weighted by Crippen LogP contribution is 2.29. The Bertz CT molecular complexity index is 570. The molecule has 118 valence electrons. The smallest absolute Gasteiger partial charge is 0.240 e. The molecule has 0 radical (unpaired) electrons. The van der Waals surface area contributed by atoms with Gasteiger partial charge < -0.3 is 19.5 Å². The van der Waals surface area contributed by atoms with E-state index >= 15 is 0 Å². The van der Waals surface area contributed by atoms with Gasteiger partial charge in [0, 0.05) is 25.7 Å². The van der Waals surface area contributed by atoms with E-state index in [-0.39, 0.29) is 17.5 Å². The molecule has 8 heteroatoms. The first kappa shape index (κ1) is 16.0. The fraction of sp³-hybridized carbons (Fsp3) is 0.538. The average molecular weight is 316 g/mol. The van der Waals surface area contributed by atoms with Gasteiger partial charge in [-0.15, -0.1) is 0 Å². The van der Waals surface area contributed by atoms with Gasteiger partial charge in [0.2, 0.25) is 10.0 Å². The molecular weight excluding hydrogens is 296 g/mol. The summed E-state index contributed by atoms with van der Waals surface area (Å²) in [6.45, 7) is 2.24. The lowest BCUT2D eigenvalue weighted by atomic mass is 10.3. The van der Waals surface area contributed by atoms with E-state index < -0.39 is 10.0 Å². The number of benzene rings is 1. The topological polar surface area (TPSA) is 85.9 Å². The van der Waals surface area contributed by atoms with Crippen LogP contribution in [0.25, 0.3) is 0 Å². The Hall–Kier alpha value is -1.35. The number of sulfonamides is 1. The third-order valence-corrected chi connectivity index (χ3v) is 4.59. The lowest BCUT2D eigenvalue weighted by molar-refractivity contribution is 0.0324. The molecule has 2 N–H and O–H groups in total. The lowest BCUT2D eigenvalue weighted by Crippen LogP contribution is -2.45. The fourth-order valence-corrected chi connectivity index (χ4v) is 3.10. The molecular formula is C13H20N2O5S. The van der Waals surface area contributed by atoms with E-state index in [9.17, 15) is 8.42 Å². The van der Waals surface area contributed by atoms with Gasteiger partial charge >= 0.3 is 0 Å². The van der Waals surface area contributed by atoms with Crippen LogP contribution in [-0.2, 0) is 14.8 Å². The van der Waals surface area contributed by atoms with Crippen molar-refractivity contribution in [2.24, 2.45) is 0 Å². The van der Waals surface area contributed by atoms with Crippen molar-refractivity contribution in [1.82, 2.24) is 10.0 Å². The maximum Gasteiger partial charge on any atom is 0.240 e. The number of methoxy groups -OCH3 is 2. The van der Waals surface area contributed by atoms with Crippen LogP contribution >= 0.6 is 0 Å². The summed E-state index contributed by atoms with van der Waals surface area (Å²) in [5.41, 5.74) is 0. The van der Waals surface area contributed by atoms with Gasteiger partial charge in [-0.2, -0.15) is 0 Å². The Kier molecular flexibility index (Phi) is 5.40. The number of morpholine rings is 1. The van der Waals surface area contributed by atoms with Gasteiger partial charge in [-0.3, -0.25) is 0 Å². The summed E-state index contributed by atoms with van der Waals surface area (Å²) < 4.78 is 42.7. The zero-order valence-corrected chi connectivity index (χ0v) is 12.9. The lowest BCUT2D eigenvalue weighted by Gasteiger charge is -2.23. The molecule has 1 aromatic rings. The van der Waals surface area contributed by atoms with Crippen molar-refractivity contribution in [2.45, 2.75) is 11.0 Å². The van der Waals surface area contributed by atoms with E-state index in [4.69, 9.17) is 14.2 Å². The molecule has 1 heterocycles. The minimum atomic E-state index is -3.61. The molecule has 1 aliphatic rings. The molecule has 1 saturated heterocycles. The van der Waals surface area contributed by atoms with Gasteiger partial charge in [-0.1, -0.05) is 0 Å². The van der Waals surface area contributed by atoms with Crippen LogP contribution in [0.15, 0.2) is 23.1 Å². The van der Waals surface area contributed by atoms with Crippen molar-refractivity contribution >= 4 is 10.0 Å². The summed E-state index contributed by atoms with van der Waals surface area (Å²) in [5.74, 6) is 0.854. The molecule has 21 heavy (non-hydrogen) atoms. The third-order valence-electron chi connectivity index (χ3n) is 3.17. The second-order valence-corrected chi connectivity index (χ2v) is 6.33. The predicted octanol–water partition coefficient (Wildman–Crippen LogP) is -0.0295. The van der Waals surface area contributed by atoms with Gasteiger partial charge in [-0.05, 0) is 12.1 Å². The number of rotatable bonds is 6. The van der Waals surface area contributed by atoms with Gasteiger partial charge in [0.1, 0.15) is 0 Å². The van der Waals surface area contributed by atoms with Crippen LogP contribution in [0.1, 0.15) is 0 Å². The standard InChI is InChI=1S/C13H20N2O5S/c1-18-12-4-3-11(7-13(12)19-2)21(16,17)15-9-10-8-14-5-6-20-10/h3-4,7,10,14-15H,5-6,8-9H2,1-2H3. The molecule has 7 nitrogen and oxygen atoms in total. The molecule has 0 saturated carbocycles. The van der Waals surface area contributed by atoms with Crippen molar-refractivity contribution in [3.63, 3.8) is 0 Å². The summed E-state index contributed by atoms with van der Waals surface area (Å²) in [4.78, 5) is 0.129. The molecule has 1 aliphatic heterocycles. The minimum Gasteiger partial charge on any atom is -0.493 e. The molecule has 1 aromatic carbocycles. The van der Waals surface area contributed by atoms with Crippen molar-refractivity contribution in [3.8, 4) is 11.5 Å². The zero-order chi connectivity index (χ0) is 15.3. The minimum absolute atomic E-state index is 0.129. The van der Waals surface area contributed by atoms with E-state index in [1.807, 2.05) is 0 Å². The number of nitrogens with one attached hydrogen (secondary N) is 2. The number of ether oxygens (including phenoxy) is 3. The van der Waals surface area contributed by atoms with Crippen molar-refractivity contribution in [3.05, 3.63) is 18.2 Å². The second-order valence-electron chi connectivity index (χ2n) is 4.57. The van der Waals surface area contributed by atoms with Crippen LogP contribution in [0.3, 0.4) is 0 Å². The normalized spacial score (nSPS) is 19.2. The van der Waals surface area contributed by atoms with E-state index in [1.165, 1.54) is 26.4 Å². The number of hydrogen-bond donors (Lipinski definition) is 2. The molecule has 1 atom stereocenters. The van der Waals surface area contributed by atoms with Crippen molar-refractivity contribution in [1.29, 1.82) is 0 Å². The Morgan fingerprint density at radius 3 is 2.71 bits per heavy atom. The summed E-state index contributed by atoms with van der Waals surface area (Å²) in [7, 11) is -0.651. The molecule has 0 amide bonds. The fourth-order valence-electron chi connectivity index (χ4n) is 2.02. The van der Waals surface area contributed by atoms with E-state index in [0.29, 0.717) is 24.7 Å². The quantitative estimate of drug-likeness (QED) is 0.766. The van der Waals surface area contributed by atoms with Gasteiger partial charge in [0.15, 0.2) is 11.5 Å². The third kappa shape index (κ3) is 4.07. The van der Waals surface area contributed by atoms with Crippen molar-refractivity contribution < 1.29 is 22.6 Å². The average Bonchev–Trinajstić information content (AvgIpc) is 2.53. The Morgan fingerprint density at radius 2 is 2.10 bits per heavy atom. The number of hydrogen-bond acceptors (Lipinski definition) is 6. The highest BCUT2D eigenvalue weighted by atomic mass is 32.2. The molecule has 0 spiro atoms. The van der Waals surface area contributed by atoms with E-state index in [1.54, 1.807) is 6.07 Å². The summed E-state index contributed by atoms with van der Waals surface area (Å²) >= 11 is 0. The van der Waals surface area contributed by atoms with Crippen LogP contribution in [0, 0.1) is 0 Å². The van der Waals surface area contributed by atoms with Crippen molar-refractivity contribution in [2.75, 3.05) is 40.5 Å². The Morgan fingerprint density at radius 1 is 1.33 bits per heavy atom. The maximum atomic E-state index is 12.3.